The number of rotatable bonds is 0. The molecule has 0 nitrogen and oxygen atoms in total. The first kappa shape index (κ1) is 13.4. The van der Waals surface area contributed by atoms with Gasteiger partial charge in [-0.3, -0.25) is 0 Å². The molecule has 0 aliphatic heterocycles. The maximum atomic E-state index is 13.6. The fourth-order valence-corrected chi connectivity index (χ4v) is 2.33. The lowest BCUT2D eigenvalue weighted by Crippen LogP contribution is -2.11. The zero-order valence-corrected chi connectivity index (χ0v) is 9.76. The number of hydrogen-bond acceptors (Lipinski definition) is 0. The number of alkyl halides is 4. The Bertz CT molecular complexity index is 558. The summed E-state index contributed by atoms with van der Waals surface area (Å²) in [4.78, 5) is 0. The van der Waals surface area contributed by atoms with Crippen LogP contribution in [0.2, 0.25) is 0 Å². The van der Waals surface area contributed by atoms with Crippen LogP contribution >= 0.6 is 15.9 Å². The van der Waals surface area contributed by atoms with Crippen LogP contribution in [0.15, 0.2) is 16.4 Å². The Hall–Kier alpha value is -1.05. The van der Waals surface area contributed by atoms with Gasteiger partial charge in [-0.2, -0.15) is 13.2 Å². The summed E-state index contributed by atoms with van der Waals surface area (Å²) < 4.78 is 89.6. The normalized spacial score (nSPS) is 19.4. The first-order chi connectivity index (χ1) is 8.16. The van der Waals surface area contributed by atoms with Crippen LogP contribution in [0.3, 0.4) is 0 Å². The highest BCUT2D eigenvalue weighted by molar-refractivity contribution is 9.10. The molecule has 1 aliphatic rings. The summed E-state index contributed by atoms with van der Waals surface area (Å²) in [5.74, 6) is -5.89. The third-order valence-electron chi connectivity index (χ3n) is 2.46. The summed E-state index contributed by atoms with van der Waals surface area (Å²) in [5.41, 5.74) is -3.91. The second-order valence-electron chi connectivity index (χ2n) is 3.53. The molecular weight excluding hydrogens is 333 g/mol. The lowest BCUT2D eigenvalue weighted by atomic mass is 10.0. The van der Waals surface area contributed by atoms with Crippen molar-refractivity contribution in [1.29, 1.82) is 0 Å². The highest BCUT2D eigenvalue weighted by atomic mass is 79.9. The lowest BCUT2D eigenvalue weighted by molar-refractivity contribution is -0.140. The van der Waals surface area contributed by atoms with Gasteiger partial charge in [-0.1, -0.05) is 15.9 Å². The van der Waals surface area contributed by atoms with Gasteiger partial charge < -0.3 is 0 Å². The summed E-state index contributed by atoms with van der Waals surface area (Å²) in [5, 5.41) is 0. The molecule has 0 aromatic heterocycles. The molecule has 98 valence electrons. The van der Waals surface area contributed by atoms with E-state index in [4.69, 9.17) is 0 Å². The third-order valence-corrected chi connectivity index (χ3v) is 3.08. The third kappa shape index (κ3) is 1.73. The van der Waals surface area contributed by atoms with Crippen LogP contribution in [0.4, 0.5) is 30.7 Å². The molecule has 1 unspecified atom stereocenters. The molecule has 1 aromatic carbocycles. The predicted molar refractivity (Wildman–Crippen MR) is 52.1 cm³/mol. The number of halogens is 8. The van der Waals surface area contributed by atoms with Crippen LogP contribution < -0.4 is 0 Å². The van der Waals surface area contributed by atoms with E-state index in [9.17, 15) is 30.7 Å². The van der Waals surface area contributed by atoms with Crippen LogP contribution in [0.1, 0.15) is 22.9 Å². The molecule has 1 aliphatic carbocycles. The minimum absolute atomic E-state index is 0.526. The van der Waals surface area contributed by atoms with E-state index in [0.29, 0.717) is 6.07 Å². The molecule has 0 fully saturated rings. The molecule has 2 rings (SSSR count). The van der Waals surface area contributed by atoms with Crippen molar-refractivity contribution in [3.63, 3.8) is 0 Å². The second-order valence-corrected chi connectivity index (χ2v) is 4.39. The molecule has 8 heteroatoms. The largest absolute Gasteiger partial charge is 0.420 e. The molecule has 0 amide bonds. The average molecular weight is 335 g/mol. The zero-order chi connectivity index (χ0) is 13.8. The van der Waals surface area contributed by atoms with Crippen molar-refractivity contribution < 1.29 is 30.7 Å². The maximum absolute atomic E-state index is 13.6. The fraction of sp³-hybridized carbons (Fsp3) is 0.200. The number of benzene rings is 1. The van der Waals surface area contributed by atoms with Crippen LogP contribution in [-0.2, 0) is 6.18 Å². The Labute approximate surface area is 104 Å². The zero-order valence-electron chi connectivity index (χ0n) is 8.18. The molecule has 0 radical (unpaired) electrons. The molecule has 0 bridgehead atoms. The van der Waals surface area contributed by atoms with Gasteiger partial charge >= 0.3 is 6.18 Å². The molecule has 0 spiro atoms. The Morgan fingerprint density at radius 3 is 2.17 bits per heavy atom. The van der Waals surface area contributed by atoms with Gasteiger partial charge in [-0.25, -0.2) is 17.6 Å². The molecule has 0 saturated heterocycles. The Balaban J connectivity index is 2.80. The monoisotopic (exact) mass is 334 g/mol. The van der Waals surface area contributed by atoms with Crippen LogP contribution in [0.25, 0.3) is 5.83 Å². The van der Waals surface area contributed by atoms with E-state index in [-0.39, 0.29) is 0 Å². The van der Waals surface area contributed by atoms with Gasteiger partial charge in [0.2, 0.25) is 0 Å². The van der Waals surface area contributed by atoms with Crippen molar-refractivity contribution in [3.05, 3.63) is 38.9 Å². The molecule has 1 aromatic rings. The number of fused-ring (bicyclic) bond motifs is 1. The molecule has 0 saturated carbocycles. The SMILES string of the molecule is FC1=C(F)C(F)c2cc(Br)c(C(F)(F)F)c(F)c21. The van der Waals surface area contributed by atoms with Crippen LogP contribution in [0, 0.1) is 5.82 Å². The van der Waals surface area contributed by atoms with E-state index in [2.05, 4.69) is 15.9 Å². The quantitative estimate of drug-likeness (QED) is 0.569. The average Bonchev–Trinajstić information content (AvgIpc) is 2.42. The van der Waals surface area contributed by atoms with Gasteiger partial charge in [0.05, 0.1) is 5.56 Å². The first-order valence-electron chi connectivity index (χ1n) is 4.45. The van der Waals surface area contributed by atoms with E-state index < -0.39 is 51.0 Å². The van der Waals surface area contributed by atoms with Crippen LogP contribution in [-0.4, -0.2) is 0 Å². The summed E-state index contributed by atoms with van der Waals surface area (Å²) in [6.07, 6.45) is -7.70. The summed E-state index contributed by atoms with van der Waals surface area (Å²) >= 11 is 2.41. The summed E-state index contributed by atoms with van der Waals surface area (Å²) in [6, 6.07) is 0.526. The Morgan fingerprint density at radius 1 is 1.11 bits per heavy atom. The fourth-order valence-electron chi connectivity index (χ4n) is 1.69. The number of hydrogen-bond donors (Lipinski definition) is 0. The van der Waals surface area contributed by atoms with Gasteiger partial charge in [-0.15, -0.1) is 0 Å². The van der Waals surface area contributed by atoms with E-state index in [1.54, 1.807) is 0 Å². The van der Waals surface area contributed by atoms with E-state index in [0.717, 1.165) is 0 Å². The minimum Gasteiger partial charge on any atom is -0.234 e. The summed E-state index contributed by atoms with van der Waals surface area (Å²) in [7, 11) is 0. The van der Waals surface area contributed by atoms with Crippen molar-refractivity contribution in [1.82, 2.24) is 0 Å². The van der Waals surface area contributed by atoms with E-state index >= 15 is 0 Å². The molecule has 1 atom stereocenters. The summed E-state index contributed by atoms with van der Waals surface area (Å²) in [6.45, 7) is 0. The van der Waals surface area contributed by atoms with E-state index in [1.165, 1.54) is 0 Å². The molecule has 18 heavy (non-hydrogen) atoms. The first-order valence-corrected chi connectivity index (χ1v) is 5.24. The minimum atomic E-state index is -5.11. The maximum Gasteiger partial charge on any atom is 0.420 e. The molecule has 0 heterocycles. The van der Waals surface area contributed by atoms with Crippen molar-refractivity contribution in [2.75, 3.05) is 0 Å². The smallest absolute Gasteiger partial charge is 0.234 e. The Kier molecular flexibility index (Phi) is 2.95. The molecular formula is C10H2BrF7. The Morgan fingerprint density at radius 2 is 1.67 bits per heavy atom. The lowest BCUT2D eigenvalue weighted by Gasteiger charge is -2.13. The number of allylic oxidation sites excluding steroid dienone is 1. The van der Waals surface area contributed by atoms with Gasteiger partial charge in [-0.05, 0) is 6.07 Å². The molecule has 0 N–H and O–H groups in total. The van der Waals surface area contributed by atoms with Crippen molar-refractivity contribution >= 4 is 21.8 Å². The van der Waals surface area contributed by atoms with Gasteiger partial charge in [0.1, 0.15) is 11.4 Å². The second kappa shape index (κ2) is 3.97. The van der Waals surface area contributed by atoms with Crippen molar-refractivity contribution in [3.8, 4) is 0 Å². The highest BCUT2D eigenvalue weighted by Crippen LogP contribution is 2.49. The van der Waals surface area contributed by atoms with E-state index in [1.807, 2.05) is 0 Å². The van der Waals surface area contributed by atoms with Crippen LogP contribution in [0.5, 0.6) is 0 Å². The van der Waals surface area contributed by atoms with Gasteiger partial charge in [0.25, 0.3) is 0 Å². The standard InChI is InChI=1S/C10H2BrF7/c11-3-1-2-4(8(14)9(15)6(2)12)7(13)5(3)10(16,17)18/h1,6H. The topological polar surface area (TPSA) is 0 Å². The highest BCUT2D eigenvalue weighted by Gasteiger charge is 2.43. The van der Waals surface area contributed by atoms with Gasteiger partial charge in [0, 0.05) is 10.0 Å². The van der Waals surface area contributed by atoms with Crippen molar-refractivity contribution in [2.24, 2.45) is 0 Å². The predicted octanol–water partition coefficient (Wildman–Crippen LogP) is 5.24. The van der Waals surface area contributed by atoms with Gasteiger partial charge in [0.15, 0.2) is 17.8 Å². The van der Waals surface area contributed by atoms with Crippen molar-refractivity contribution in [2.45, 2.75) is 12.3 Å².